The third-order valence-corrected chi connectivity index (χ3v) is 4.10. The van der Waals surface area contributed by atoms with Gasteiger partial charge in [0.25, 0.3) is 5.91 Å². The van der Waals surface area contributed by atoms with E-state index < -0.39 is 17.8 Å². The van der Waals surface area contributed by atoms with Gasteiger partial charge in [0.05, 0.1) is 22.5 Å². The number of anilines is 1. The summed E-state index contributed by atoms with van der Waals surface area (Å²) in [6.07, 6.45) is 0.698. The summed E-state index contributed by atoms with van der Waals surface area (Å²) < 4.78 is 37.6. The van der Waals surface area contributed by atoms with Gasteiger partial charge in [0.1, 0.15) is 11.4 Å². The van der Waals surface area contributed by atoms with E-state index in [-0.39, 0.29) is 40.6 Å². The van der Waals surface area contributed by atoms with Gasteiger partial charge in [-0.3, -0.25) is 24.7 Å². The molecule has 0 atom stereocenters. The largest absolute Gasteiger partial charge is 0.433 e. The van der Waals surface area contributed by atoms with Gasteiger partial charge in [-0.05, 0) is 24.1 Å². The highest BCUT2D eigenvalue weighted by Gasteiger charge is 2.32. The molecule has 3 rings (SSSR count). The zero-order valence-corrected chi connectivity index (χ0v) is 15.4. The molecule has 0 saturated heterocycles. The molecule has 0 aliphatic rings. The van der Waals surface area contributed by atoms with Crippen LogP contribution in [0.15, 0.2) is 43.0 Å². The fraction of sp³-hybridized carbons (Fsp3) is 0.167. The molecule has 11 heteroatoms. The monoisotopic (exact) mass is 423 g/mol. The van der Waals surface area contributed by atoms with Crippen molar-refractivity contribution < 1.29 is 22.8 Å². The number of aromatic nitrogens is 4. The van der Waals surface area contributed by atoms with Crippen molar-refractivity contribution in [1.29, 1.82) is 0 Å². The van der Waals surface area contributed by atoms with Gasteiger partial charge in [-0.25, -0.2) is 0 Å². The molecule has 2 N–H and O–H groups in total. The molecular formula is C18H13ClF3N5O2. The molecule has 3 aromatic heterocycles. The lowest BCUT2D eigenvalue weighted by atomic mass is 10.1. The number of amides is 1. The van der Waals surface area contributed by atoms with Crippen molar-refractivity contribution in [2.45, 2.75) is 19.0 Å². The number of carbonyl (C=O) groups excluding carboxylic acids is 2. The summed E-state index contributed by atoms with van der Waals surface area (Å²) in [5.41, 5.74) is -0.0743. The molecule has 0 aliphatic heterocycles. The van der Waals surface area contributed by atoms with E-state index in [4.69, 9.17) is 11.6 Å². The van der Waals surface area contributed by atoms with Crippen LogP contribution < -0.4 is 5.32 Å². The average molecular weight is 424 g/mol. The van der Waals surface area contributed by atoms with Gasteiger partial charge in [-0.15, -0.1) is 0 Å². The molecule has 0 aromatic carbocycles. The summed E-state index contributed by atoms with van der Waals surface area (Å²) >= 11 is 5.80. The number of Topliss-reactive ketones (excluding diaryl/α,β-unsaturated/α-hetero) is 1. The highest BCUT2D eigenvalue weighted by Crippen LogP contribution is 2.27. The predicted molar refractivity (Wildman–Crippen MR) is 97.7 cm³/mol. The van der Waals surface area contributed by atoms with E-state index in [9.17, 15) is 22.8 Å². The van der Waals surface area contributed by atoms with Gasteiger partial charge in [-0.1, -0.05) is 17.7 Å². The Morgan fingerprint density at radius 2 is 1.93 bits per heavy atom. The van der Waals surface area contributed by atoms with Crippen LogP contribution in [0.5, 0.6) is 0 Å². The highest BCUT2D eigenvalue weighted by molar-refractivity contribution is 6.30. The van der Waals surface area contributed by atoms with E-state index in [1.165, 1.54) is 30.7 Å². The molecule has 0 spiro atoms. The first kappa shape index (κ1) is 20.5. The summed E-state index contributed by atoms with van der Waals surface area (Å²) in [5, 5.41) is 9.11. The van der Waals surface area contributed by atoms with Gasteiger partial charge < -0.3 is 5.32 Å². The minimum atomic E-state index is -4.52. The third kappa shape index (κ3) is 5.17. The van der Waals surface area contributed by atoms with E-state index in [0.717, 1.165) is 12.3 Å². The Morgan fingerprint density at radius 3 is 2.59 bits per heavy atom. The summed E-state index contributed by atoms with van der Waals surface area (Å²) in [7, 11) is 0. The Kier molecular flexibility index (Phi) is 5.92. The molecule has 0 aliphatic carbocycles. The molecule has 1 amide bonds. The Balaban J connectivity index is 1.64. The molecule has 7 nitrogen and oxygen atoms in total. The van der Waals surface area contributed by atoms with E-state index in [2.05, 4.69) is 25.5 Å². The van der Waals surface area contributed by atoms with Crippen molar-refractivity contribution in [3.63, 3.8) is 0 Å². The lowest BCUT2D eigenvalue weighted by Gasteiger charge is -2.07. The number of rotatable bonds is 6. The van der Waals surface area contributed by atoms with Crippen LogP contribution in [0.3, 0.4) is 0 Å². The molecule has 0 unspecified atom stereocenters. The first-order chi connectivity index (χ1) is 13.7. The van der Waals surface area contributed by atoms with Crippen LogP contribution in [-0.2, 0) is 12.6 Å². The second kappa shape index (κ2) is 8.39. The van der Waals surface area contributed by atoms with Gasteiger partial charge >= 0.3 is 6.18 Å². The molecule has 0 saturated carbocycles. The molecule has 150 valence electrons. The van der Waals surface area contributed by atoms with Crippen LogP contribution in [0.2, 0.25) is 5.02 Å². The van der Waals surface area contributed by atoms with E-state index in [1.54, 1.807) is 0 Å². The number of pyridine rings is 2. The lowest BCUT2D eigenvalue weighted by Crippen LogP contribution is -2.14. The second-order valence-corrected chi connectivity index (χ2v) is 6.41. The number of aryl methyl sites for hydroxylation is 1. The van der Waals surface area contributed by atoms with Crippen LogP contribution in [-0.4, -0.2) is 31.9 Å². The number of hydrogen-bond acceptors (Lipinski definition) is 5. The number of aromatic amines is 1. The van der Waals surface area contributed by atoms with Crippen molar-refractivity contribution in [3.05, 3.63) is 70.5 Å². The van der Waals surface area contributed by atoms with Crippen molar-refractivity contribution in [1.82, 2.24) is 20.2 Å². The van der Waals surface area contributed by atoms with Crippen molar-refractivity contribution >= 4 is 29.0 Å². The molecule has 29 heavy (non-hydrogen) atoms. The van der Waals surface area contributed by atoms with Crippen molar-refractivity contribution in [2.24, 2.45) is 0 Å². The van der Waals surface area contributed by atoms with Crippen LogP contribution in [0.1, 0.15) is 38.5 Å². The Morgan fingerprint density at radius 1 is 1.14 bits per heavy atom. The van der Waals surface area contributed by atoms with Gasteiger partial charge in [-0.2, -0.15) is 18.3 Å². The summed E-state index contributed by atoms with van der Waals surface area (Å²) in [5.74, 6) is -0.899. The van der Waals surface area contributed by atoms with Crippen LogP contribution in [0.25, 0.3) is 0 Å². The second-order valence-electron chi connectivity index (χ2n) is 5.98. The first-order valence-electron chi connectivity index (χ1n) is 8.24. The molecule has 3 heterocycles. The minimum Gasteiger partial charge on any atom is -0.319 e. The Hall–Kier alpha value is -3.27. The number of ketones is 1. The minimum absolute atomic E-state index is 0.0170. The van der Waals surface area contributed by atoms with Gasteiger partial charge in [0.2, 0.25) is 0 Å². The summed E-state index contributed by atoms with van der Waals surface area (Å²) in [6.45, 7) is 0. The standard InChI is InChI=1S/C18H13ClF3N5O2/c19-12-5-11(7-23-8-12)17(29)26-13-9-25-27-16(13)14(28)3-1-10-2-4-15(24-6-10)18(20,21)22/h2,4-9H,1,3H2,(H,25,27)(H,26,29). The zero-order chi connectivity index (χ0) is 21.0. The zero-order valence-electron chi connectivity index (χ0n) is 14.6. The van der Waals surface area contributed by atoms with Crippen LogP contribution in [0.4, 0.5) is 18.9 Å². The molecule has 3 aromatic rings. The van der Waals surface area contributed by atoms with E-state index >= 15 is 0 Å². The maximum atomic E-state index is 12.5. The lowest BCUT2D eigenvalue weighted by molar-refractivity contribution is -0.141. The highest BCUT2D eigenvalue weighted by atomic mass is 35.5. The molecular weight excluding hydrogens is 411 g/mol. The predicted octanol–water partition coefficient (Wildman–Crippen LogP) is 3.94. The van der Waals surface area contributed by atoms with E-state index in [0.29, 0.717) is 5.56 Å². The van der Waals surface area contributed by atoms with Crippen LogP contribution >= 0.6 is 11.6 Å². The fourth-order valence-electron chi connectivity index (χ4n) is 2.45. The average Bonchev–Trinajstić information content (AvgIpc) is 3.14. The molecule has 0 fully saturated rings. The number of H-pyrrole nitrogens is 1. The van der Waals surface area contributed by atoms with Gasteiger partial charge in [0, 0.05) is 25.0 Å². The van der Waals surface area contributed by atoms with Gasteiger partial charge in [0.15, 0.2) is 5.78 Å². The number of halogens is 4. The number of alkyl halides is 3. The first-order valence-corrected chi connectivity index (χ1v) is 8.62. The Bertz CT molecular complexity index is 1030. The fourth-order valence-corrected chi connectivity index (χ4v) is 2.62. The number of nitrogens with one attached hydrogen (secondary N) is 2. The normalized spacial score (nSPS) is 11.3. The topological polar surface area (TPSA) is 101 Å². The smallest absolute Gasteiger partial charge is 0.319 e. The summed E-state index contributed by atoms with van der Waals surface area (Å²) in [4.78, 5) is 31.9. The number of carbonyl (C=O) groups is 2. The van der Waals surface area contributed by atoms with Crippen molar-refractivity contribution in [2.75, 3.05) is 5.32 Å². The van der Waals surface area contributed by atoms with Crippen molar-refractivity contribution in [3.8, 4) is 0 Å². The van der Waals surface area contributed by atoms with E-state index in [1.807, 2.05) is 0 Å². The third-order valence-electron chi connectivity index (χ3n) is 3.89. The molecule has 0 radical (unpaired) electrons. The SMILES string of the molecule is O=C(Nc1cn[nH]c1C(=O)CCc1ccc(C(F)(F)F)nc1)c1cncc(Cl)c1. The quantitative estimate of drug-likeness (QED) is 0.585. The molecule has 0 bridgehead atoms. The number of hydrogen-bond donors (Lipinski definition) is 2. The van der Waals surface area contributed by atoms with Crippen LogP contribution in [0, 0.1) is 0 Å². The maximum Gasteiger partial charge on any atom is 0.433 e. The number of nitrogens with zero attached hydrogens (tertiary/aromatic N) is 3. The summed E-state index contributed by atoms with van der Waals surface area (Å²) in [6, 6.07) is 3.55. The maximum absolute atomic E-state index is 12.5. The Labute approximate surface area is 167 Å².